The van der Waals surface area contributed by atoms with Crippen molar-refractivity contribution in [1.29, 1.82) is 0 Å². The van der Waals surface area contributed by atoms with E-state index in [-0.39, 0.29) is 17.4 Å². The number of aryl methyl sites for hydroxylation is 1. The lowest BCUT2D eigenvalue weighted by molar-refractivity contribution is -0.137. The average Bonchev–Trinajstić information content (AvgIpc) is 3.57. The van der Waals surface area contributed by atoms with E-state index < -0.39 is 60.9 Å². The van der Waals surface area contributed by atoms with Crippen LogP contribution in [0.15, 0.2) is 50.5 Å². The average molecular weight is 495 g/mol. The number of sulfonamides is 1. The van der Waals surface area contributed by atoms with E-state index in [0.29, 0.717) is 24.5 Å². The maximum absolute atomic E-state index is 14.0. The number of nitrogens with one attached hydrogen (secondary N) is 1. The second-order valence-corrected chi connectivity index (χ2v) is 9.90. The molecule has 0 unspecified atom stereocenters. The second-order valence-electron chi connectivity index (χ2n) is 8.32. The predicted molar refractivity (Wildman–Crippen MR) is 116 cm³/mol. The number of aromatic hydroxyl groups is 1. The van der Waals surface area contributed by atoms with Crippen LogP contribution in [0.4, 0.5) is 23.2 Å². The number of nitrogens with zero attached hydrogens (tertiary/aromatic N) is 2. The molecule has 2 aliphatic rings. The van der Waals surface area contributed by atoms with E-state index in [1.807, 2.05) is 0 Å². The summed E-state index contributed by atoms with van der Waals surface area (Å²) < 4.78 is 83.8. The Morgan fingerprint density at radius 3 is 2.56 bits per heavy atom. The SMILES string of the molecule is O=c1c(C2=NS(=O)(=O)c3ccc(C(F)(F)F)cc3N2)c(O)c2cc(F)ccc2n1CCC1CC1. The largest absolute Gasteiger partial charge is 0.506 e. The summed E-state index contributed by atoms with van der Waals surface area (Å²) in [4.78, 5) is 12.9. The van der Waals surface area contributed by atoms with Crippen molar-refractivity contribution in [3.05, 3.63) is 63.7 Å². The first-order valence-electron chi connectivity index (χ1n) is 10.3. The number of fused-ring (bicyclic) bond motifs is 2. The van der Waals surface area contributed by atoms with E-state index in [1.54, 1.807) is 0 Å². The van der Waals surface area contributed by atoms with Crippen LogP contribution in [0.25, 0.3) is 10.9 Å². The van der Waals surface area contributed by atoms with E-state index in [2.05, 4.69) is 9.71 Å². The molecule has 7 nitrogen and oxygen atoms in total. The topological polar surface area (TPSA) is 101 Å². The molecule has 0 saturated heterocycles. The molecule has 0 spiro atoms. The van der Waals surface area contributed by atoms with E-state index in [9.17, 15) is 35.9 Å². The Hall–Kier alpha value is -3.41. The number of aromatic nitrogens is 1. The lowest BCUT2D eigenvalue weighted by Gasteiger charge is -2.21. The van der Waals surface area contributed by atoms with Crippen molar-refractivity contribution in [3.63, 3.8) is 0 Å². The molecular weight excluding hydrogens is 478 g/mol. The van der Waals surface area contributed by atoms with Gasteiger partial charge in [-0.25, -0.2) is 4.39 Å². The van der Waals surface area contributed by atoms with Gasteiger partial charge in [-0.2, -0.15) is 21.6 Å². The van der Waals surface area contributed by atoms with Crippen LogP contribution >= 0.6 is 0 Å². The Labute approximate surface area is 190 Å². The van der Waals surface area contributed by atoms with Crippen LogP contribution in [0, 0.1) is 11.7 Å². The van der Waals surface area contributed by atoms with Crippen molar-refractivity contribution in [2.24, 2.45) is 10.3 Å². The monoisotopic (exact) mass is 495 g/mol. The van der Waals surface area contributed by atoms with E-state index >= 15 is 0 Å². The maximum atomic E-state index is 14.0. The van der Waals surface area contributed by atoms with E-state index in [4.69, 9.17) is 0 Å². The van der Waals surface area contributed by atoms with Gasteiger partial charge >= 0.3 is 6.18 Å². The van der Waals surface area contributed by atoms with E-state index in [1.165, 1.54) is 10.6 Å². The Morgan fingerprint density at radius 1 is 1.15 bits per heavy atom. The molecule has 1 aliphatic carbocycles. The molecule has 1 aromatic heterocycles. The highest BCUT2D eigenvalue weighted by molar-refractivity contribution is 7.90. The van der Waals surface area contributed by atoms with Gasteiger partial charge in [0.25, 0.3) is 15.6 Å². The number of anilines is 1. The van der Waals surface area contributed by atoms with Crippen LogP contribution < -0.4 is 10.9 Å². The molecule has 5 rings (SSSR count). The zero-order valence-electron chi connectivity index (χ0n) is 17.4. The standard InChI is InChI=1S/C22H17F4N3O4S/c23-13-4-5-16-14(10-13)19(30)18(21(31)29(16)8-7-11-1-2-11)20-27-15-9-12(22(24,25)26)3-6-17(15)34(32,33)28-20/h3-6,9-11,30H,1-2,7-8H2,(H,27,28). The molecular formula is C22H17F4N3O4S. The number of rotatable bonds is 4. The highest BCUT2D eigenvalue weighted by Crippen LogP contribution is 2.38. The lowest BCUT2D eigenvalue weighted by Crippen LogP contribution is -2.33. The quantitative estimate of drug-likeness (QED) is 0.528. The molecule has 3 aromatic rings. The molecule has 0 atom stereocenters. The number of amidine groups is 1. The number of halogens is 4. The summed E-state index contributed by atoms with van der Waals surface area (Å²) in [6, 6.07) is 5.42. The van der Waals surface area contributed by atoms with Gasteiger partial charge in [0.2, 0.25) is 0 Å². The first-order valence-corrected chi connectivity index (χ1v) is 11.8. The molecule has 1 fully saturated rings. The lowest BCUT2D eigenvalue weighted by atomic mass is 10.1. The highest BCUT2D eigenvalue weighted by Gasteiger charge is 2.35. The Bertz CT molecular complexity index is 1540. The molecule has 12 heteroatoms. The summed E-state index contributed by atoms with van der Waals surface area (Å²) in [6.07, 6.45) is -2.08. The third-order valence-electron chi connectivity index (χ3n) is 5.94. The predicted octanol–water partition coefficient (Wildman–Crippen LogP) is 4.23. The first kappa shape index (κ1) is 22.4. The number of hydrogen-bond acceptors (Lipinski definition) is 5. The second kappa shape index (κ2) is 7.55. The molecule has 2 heterocycles. The summed E-state index contributed by atoms with van der Waals surface area (Å²) in [5, 5.41) is 13.2. The molecule has 34 heavy (non-hydrogen) atoms. The smallest absolute Gasteiger partial charge is 0.416 e. The molecule has 178 valence electrons. The summed E-state index contributed by atoms with van der Waals surface area (Å²) >= 11 is 0. The minimum absolute atomic E-state index is 0.0536. The molecule has 0 radical (unpaired) electrons. The third-order valence-corrected chi connectivity index (χ3v) is 7.28. The van der Waals surface area contributed by atoms with Crippen molar-refractivity contribution in [1.82, 2.24) is 4.57 Å². The Balaban J connectivity index is 1.71. The summed E-state index contributed by atoms with van der Waals surface area (Å²) in [6.45, 7) is 0.230. The van der Waals surface area contributed by atoms with Crippen LogP contribution in [0.3, 0.4) is 0 Å². The highest BCUT2D eigenvalue weighted by atomic mass is 32.2. The van der Waals surface area contributed by atoms with Crippen LogP contribution in [-0.2, 0) is 22.7 Å². The minimum Gasteiger partial charge on any atom is -0.506 e. The van der Waals surface area contributed by atoms with Gasteiger partial charge in [0.05, 0.1) is 16.8 Å². The third kappa shape index (κ3) is 3.81. The zero-order chi connectivity index (χ0) is 24.4. The summed E-state index contributed by atoms with van der Waals surface area (Å²) in [5.74, 6) is -1.63. The normalized spacial score (nSPS) is 17.2. The summed E-state index contributed by atoms with van der Waals surface area (Å²) in [7, 11) is -4.50. The minimum atomic E-state index is -4.74. The van der Waals surface area contributed by atoms with Crippen molar-refractivity contribution >= 4 is 32.4 Å². The number of benzene rings is 2. The van der Waals surface area contributed by atoms with Crippen LogP contribution in [-0.4, -0.2) is 23.9 Å². The molecule has 1 aliphatic heterocycles. The van der Waals surface area contributed by atoms with Gasteiger partial charge in [-0.1, -0.05) is 12.8 Å². The van der Waals surface area contributed by atoms with Crippen molar-refractivity contribution in [3.8, 4) is 5.75 Å². The van der Waals surface area contributed by atoms with Crippen molar-refractivity contribution < 1.29 is 31.1 Å². The summed E-state index contributed by atoms with van der Waals surface area (Å²) in [5.41, 5.74) is -2.67. The molecule has 2 N–H and O–H groups in total. The molecule has 0 amide bonds. The van der Waals surface area contributed by atoms with Crippen LogP contribution in [0.2, 0.25) is 0 Å². The van der Waals surface area contributed by atoms with Crippen LogP contribution in [0.1, 0.15) is 30.4 Å². The van der Waals surface area contributed by atoms with Gasteiger partial charge in [0.15, 0.2) is 5.84 Å². The van der Waals surface area contributed by atoms with Gasteiger partial charge in [-0.05, 0) is 48.7 Å². The van der Waals surface area contributed by atoms with E-state index in [0.717, 1.165) is 31.0 Å². The number of hydrogen-bond donors (Lipinski definition) is 2. The Morgan fingerprint density at radius 2 is 1.88 bits per heavy atom. The van der Waals surface area contributed by atoms with Gasteiger partial charge < -0.3 is 15.0 Å². The van der Waals surface area contributed by atoms with Gasteiger partial charge in [-0.15, -0.1) is 4.40 Å². The van der Waals surface area contributed by atoms with Crippen LogP contribution in [0.5, 0.6) is 5.75 Å². The van der Waals surface area contributed by atoms with Gasteiger partial charge in [0.1, 0.15) is 22.0 Å². The van der Waals surface area contributed by atoms with Crippen molar-refractivity contribution in [2.75, 3.05) is 5.32 Å². The fourth-order valence-corrected chi connectivity index (χ4v) is 5.13. The molecule has 0 bridgehead atoms. The first-order chi connectivity index (χ1) is 16.0. The fraction of sp³-hybridized carbons (Fsp3) is 0.273. The maximum Gasteiger partial charge on any atom is 0.416 e. The zero-order valence-corrected chi connectivity index (χ0v) is 18.2. The van der Waals surface area contributed by atoms with Gasteiger partial charge in [0, 0.05) is 11.9 Å². The Kier molecular flexibility index (Phi) is 4.97. The fourth-order valence-electron chi connectivity index (χ4n) is 4.02. The molecule has 2 aromatic carbocycles. The number of pyridine rings is 1. The van der Waals surface area contributed by atoms with Gasteiger partial charge in [-0.3, -0.25) is 4.79 Å². The van der Waals surface area contributed by atoms with Crippen molar-refractivity contribution in [2.45, 2.75) is 36.9 Å². The number of alkyl halides is 3. The molecule has 1 saturated carbocycles.